The summed E-state index contributed by atoms with van der Waals surface area (Å²) >= 11 is 0. The summed E-state index contributed by atoms with van der Waals surface area (Å²) in [5.41, 5.74) is 7.13. The molecule has 0 spiro atoms. The van der Waals surface area contributed by atoms with Gasteiger partial charge < -0.3 is 9.72 Å². The Morgan fingerprint density at radius 2 is 1.30 bits per heavy atom. The van der Waals surface area contributed by atoms with Crippen molar-refractivity contribution in [3.05, 3.63) is 22.3 Å². The van der Waals surface area contributed by atoms with E-state index in [2.05, 4.69) is 80.8 Å². The van der Waals surface area contributed by atoms with Crippen LogP contribution in [0.4, 0.5) is 0 Å². The summed E-state index contributed by atoms with van der Waals surface area (Å²) in [5, 5.41) is 0. The molecule has 1 atom stereocenters. The van der Waals surface area contributed by atoms with Crippen molar-refractivity contribution >= 4 is 8.24 Å². The SMILES string of the molecule is CC1=C(C)C([Si](C)(CCCCCCOC(C)(C)C)NC(C)(C)C)C(C)=C1C. The van der Waals surface area contributed by atoms with Crippen molar-refractivity contribution in [2.45, 2.75) is 124 Å². The van der Waals surface area contributed by atoms with Crippen LogP contribution in [0.1, 0.15) is 94.9 Å². The maximum Gasteiger partial charge on any atom is 0.134 e. The van der Waals surface area contributed by atoms with Crippen LogP contribution in [-0.4, -0.2) is 26.0 Å². The lowest BCUT2D eigenvalue weighted by molar-refractivity contribution is -0.00471. The first-order valence-corrected chi connectivity index (χ1v) is 13.7. The molecule has 0 aromatic rings. The monoisotopic (exact) mass is 393 g/mol. The summed E-state index contributed by atoms with van der Waals surface area (Å²) < 4.78 is 5.86. The molecule has 0 radical (unpaired) electrons. The third kappa shape index (κ3) is 7.51. The fourth-order valence-electron chi connectivity index (χ4n) is 4.77. The molecule has 1 N–H and O–H groups in total. The summed E-state index contributed by atoms with van der Waals surface area (Å²) in [4.78, 5) is 4.14. The van der Waals surface area contributed by atoms with Crippen molar-refractivity contribution in [3.63, 3.8) is 0 Å². The summed E-state index contributed by atoms with van der Waals surface area (Å²) in [7, 11) is -1.66. The molecule has 0 saturated carbocycles. The molecule has 0 aliphatic heterocycles. The Kier molecular flexibility index (Phi) is 8.59. The molecule has 0 fully saturated rings. The molecule has 0 aromatic heterocycles. The maximum atomic E-state index is 5.86. The Labute approximate surface area is 171 Å². The van der Waals surface area contributed by atoms with Gasteiger partial charge in [-0.3, -0.25) is 0 Å². The zero-order valence-electron chi connectivity index (χ0n) is 20.2. The molecule has 27 heavy (non-hydrogen) atoms. The molecule has 1 rings (SSSR count). The summed E-state index contributed by atoms with van der Waals surface area (Å²) in [5.74, 6) is 0. The molecule has 158 valence electrons. The normalized spacial score (nSPS) is 19.2. The summed E-state index contributed by atoms with van der Waals surface area (Å²) in [6.45, 7) is 26.3. The third-order valence-corrected chi connectivity index (χ3v) is 10.9. The molecule has 0 aromatic carbocycles. The minimum absolute atomic E-state index is 0.00592. The molecule has 0 saturated heterocycles. The van der Waals surface area contributed by atoms with Gasteiger partial charge in [0.2, 0.25) is 0 Å². The van der Waals surface area contributed by atoms with Crippen molar-refractivity contribution in [2.24, 2.45) is 0 Å². The lowest BCUT2D eigenvalue weighted by Gasteiger charge is -2.42. The van der Waals surface area contributed by atoms with Gasteiger partial charge in [0.15, 0.2) is 0 Å². The summed E-state index contributed by atoms with van der Waals surface area (Å²) in [6, 6.07) is 1.35. The van der Waals surface area contributed by atoms with Crippen LogP contribution in [-0.2, 0) is 4.74 Å². The van der Waals surface area contributed by atoms with Gasteiger partial charge >= 0.3 is 0 Å². The van der Waals surface area contributed by atoms with E-state index in [-0.39, 0.29) is 11.1 Å². The van der Waals surface area contributed by atoms with E-state index in [1.165, 1.54) is 42.9 Å². The van der Waals surface area contributed by atoms with E-state index in [0.29, 0.717) is 5.54 Å². The highest BCUT2D eigenvalue weighted by molar-refractivity contribution is 6.79. The van der Waals surface area contributed by atoms with E-state index in [1.807, 2.05) is 0 Å². The largest absolute Gasteiger partial charge is 0.376 e. The minimum atomic E-state index is -1.66. The molecular weight excluding hydrogens is 346 g/mol. The molecule has 1 aliphatic carbocycles. The second-order valence-corrected chi connectivity index (χ2v) is 15.1. The second-order valence-electron chi connectivity index (χ2n) is 11.0. The molecule has 3 heteroatoms. The van der Waals surface area contributed by atoms with E-state index in [0.717, 1.165) is 6.61 Å². The standard InChI is InChI=1S/C24H47NOSi/c1-18-19(2)21(4)22(20(18)3)27(11,25-23(5,6)7)17-15-13-12-14-16-26-24(8,9)10/h22,25H,12-17H2,1-11H3. The quantitative estimate of drug-likeness (QED) is 0.326. The highest BCUT2D eigenvalue weighted by Gasteiger charge is 2.43. The number of rotatable bonds is 9. The van der Waals surface area contributed by atoms with E-state index in [1.54, 1.807) is 11.1 Å². The van der Waals surface area contributed by atoms with Crippen LogP contribution in [0.25, 0.3) is 0 Å². The predicted octanol–water partition coefficient (Wildman–Crippen LogP) is 7.38. The zero-order chi connectivity index (χ0) is 21.0. The number of nitrogens with one attached hydrogen (secondary N) is 1. The number of allylic oxidation sites excluding steroid dienone is 4. The highest BCUT2D eigenvalue weighted by Crippen LogP contribution is 2.47. The van der Waals surface area contributed by atoms with Crippen molar-refractivity contribution in [1.29, 1.82) is 0 Å². The van der Waals surface area contributed by atoms with Crippen LogP contribution in [0.2, 0.25) is 18.1 Å². The number of hydrogen-bond donors (Lipinski definition) is 1. The first-order chi connectivity index (χ1) is 12.2. The van der Waals surface area contributed by atoms with Crippen molar-refractivity contribution in [2.75, 3.05) is 6.61 Å². The van der Waals surface area contributed by atoms with Gasteiger partial charge in [-0.15, -0.1) is 0 Å². The third-order valence-electron chi connectivity index (χ3n) is 6.03. The zero-order valence-corrected chi connectivity index (χ0v) is 21.2. The van der Waals surface area contributed by atoms with Crippen LogP contribution in [0.3, 0.4) is 0 Å². The van der Waals surface area contributed by atoms with Gasteiger partial charge in [0.1, 0.15) is 8.24 Å². The maximum absolute atomic E-state index is 5.86. The van der Waals surface area contributed by atoms with Gasteiger partial charge in [0.05, 0.1) is 5.60 Å². The number of hydrogen-bond acceptors (Lipinski definition) is 2. The van der Waals surface area contributed by atoms with Gasteiger partial charge in [-0.25, -0.2) is 0 Å². The van der Waals surface area contributed by atoms with Gasteiger partial charge in [-0.05, 0) is 92.8 Å². The Morgan fingerprint density at radius 3 is 1.74 bits per heavy atom. The van der Waals surface area contributed by atoms with Crippen molar-refractivity contribution in [3.8, 4) is 0 Å². The smallest absolute Gasteiger partial charge is 0.134 e. The van der Waals surface area contributed by atoms with E-state index in [4.69, 9.17) is 4.74 Å². The minimum Gasteiger partial charge on any atom is -0.376 e. The van der Waals surface area contributed by atoms with Gasteiger partial charge in [0, 0.05) is 17.7 Å². The van der Waals surface area contributed by atoms with Crippen LogP contribution >= 0.6 is 0 Å². The van der Waals surface area contributed by atoms with Crippen LogP contribution in [0.15, 0.2) is 22.3 Å². The van der Waals surface area contributed by atoms with Crippen molar-refractivity contribution < 1.29 is 4.74 Å². The van der Waals surface area contributed by atoms with E-state index in [9.17, 15) is 0 Å². The fraction of sp³-hybridized carbons (Fsp3) is 0.833. The van der Waals surface area contributed by atoms with Crippen LogP contribution < -0.4 is 4.98 Å². The Hall–Kier alpha value is -0.383. The van der Waals surface area contributed by atoms with E-state index < -0.39 is 8.24 Å². The second kappa shape index (κ2) is 9.41. The molecule has 2 nitrogen and oxygen atoms in total. The Bertz CT molecular complexity index is 538. The number of ether oxygens (including phenoxy) is 1. The molecule has 1 aliphatic rings. The lowest BCUT2D eigenvalue weighted by atomic mass is 10.1. The first-order valence-electron chi connectivity index (χ1n) is 11.0. The predicted molar refractivity (Wildman–Crippen MR) is 124 cm³/mol. The lowest BCUT2D eigenvalue weighted by Crippen LogP contribution is -2.59. The van der Waals surface area contributed by atoms with E-state index >= 15 is 0 Å². The highest BCUT2D eigenvalue weighted by atomic mass is 28.3. The molecular formula is C24H47NOSi. The Balaban J connectivity index is 2.71. The van der Waals surface area contributed by atoms with Crippen LogP contribution in [0.5, 0.6) is 0 Å². The van der Waals surface area contributed by atoms with Gasteiger partial charge in [-0.2, -0.15) is 0 Å². The molecule has 0 heterocycles. The van der Waals surface area contributed by atoms with Gasteiger partial charge in [0.25, 0.3) is 0 Å². The molecule has 0 bridgehead atoms. The average Bonchev–Trinajstić information content (AvgIpc) is 2.67. The molecule has 0 amide bonds. The number of unbranched alkanes of at least 4 members (excludes halogenated alkanes) is 3. The summed E-state index contributed by atoms with van der Waals surface area (Å²) in [6.07, 6.45) is 5.11. The molecule has 1 unspecified atom stereocenters. The average molecular weight is 394 g/mol. The van der Waals surface area contributed by atoms with Gasteiger partial charge in [-0.1, -0.05) is 37.0 Å². The van der Waals surface area contributed by atoms with Crippen molar-refractivity contribution in [1.82, 2.24) is 4.98 Å². The Morgan fingerprint density at radius 1 is 0.815 bits per heavy atom. The fourth-order valence-corrected chi connectivity index (χ4v) is 10.4. The first kappa shape index (κ1) is 24.7. The topological polar surface area (TPSA) is 21.3 Å². The van der Waals surface area contributed by atoms with Crippen LogP contribution in [0, 0.1) is 0 Å².